The van der Waals surface area contributed by atoms with Crippen LogP contribution >= 0.6 is 0 Å². The molecule has 0 aromatic carbocycles. The molecule has 0 saturated heterocycles. The SMILES string of the molecule is C=C/C=C(/CC)N=C(C)C(C)(C)C. The van der Waals surface area contributed by atoms with Gasteiger partial charge in [0.05, 0.1) is 0 Å². The van der Waals surface area contributed by atoms with Crippen molar-refractivity contribution < 1.29 is 0 Å². The van der Waals surface area contributed by atoms with Gasteiger partial charge in [-0.05, 0) is 24.8 Å². The first-order valence-electron chi connectivity index (χ1n) is 4.79. The Morgan fingerprint density at radius 2 is 1.92 bits per heavy atom. The summed E-state index contributed by atoms with van der Waals surface area (Å²) in [5.74, 6) is 0. The van der Waals surface area contributed by atoms with Gasteiger partial charge >= 0.3 is 0 Å². The lowest BCUT2D eigenvalue weighted by Crippen LogP contribution is -2.16. The highest BCUT2D eigenvalue weighted by molar-refractivity contribution is 5.87. The van der Waals surface area contributed by atoms with Crippen LogP contribution in [-0.4, -0.2) is 5.71 Å². The summed E-state index contributed by atoms with van der Waals surface area (Å²) in [6.45, 7) is 14.4. The van der Waals surface area contributed by atoms with Crippen LogP contribution in [0.5, 0.6) is 0 Å². The fraction of sp³-hybridized carbons (Fsp3) is 0.583. The summed E-state index contributed by atoms with van der Waals surface area (Å²) < 4.78 is 0. The van der Waals surface area contributed by atoms with E-state index in [0.29, 0.717) is 0 Å². The number of hydrogen-bond acceptors (Lipinski definition) is 1. The summed E-state index contributed by atoms with van der Waals surface area (Å²) in [7, 11) is 0. The first-order chi connectivity index (χ1) is 5.91. The van der Waals surface area contributed by atoms with Crippen LogP contribution in [0.4, 0.5) is 0 Å². The molecular formula is C12H21N. The van der Waals surface area contributed by atoms with E-state index in [-0.39, 0.29) is 5.41 Å². The highest BCUT2D eigenvalue weighted by Crippen LogP contribution is 2.18. The van der Waals surface area contributed by atoms with Gasteiger partial charge in [-0.2, -0.15) is 0 Å². The van der Waals surface area contributed by atoms with Gasteiger partial charge in [-0.3, -0.25) is 4.99 Å². The van der Waals surface area contributed by atoms with Gasteiger partial charge in [0.1, 0.15) is 0 Å². The van der Waals surface area contributed by atoms with E-state index in [4.69, 9.17) is 0 Å². The minimum Gasteiger partial charge on any atom is -0.262 e. The van der Waals surface area contributed by atoms with Gasteiger partial charge in [-0.25, -0.2) is 0 Å². The molecule has 0 unspecified atom stereocenters. The molecule has 0 atom stereocenters. The fourth-order valence-electron chi connectivity index (χ4n) is 0.753. The Kier molecular flexibility index (Phi) is 4.68. The molecule has 0 aliphatic rings. The van der Waals surface area contributed by atoms with Crippen molar-refractivity contribution in [3.63, 3.8) is 0 Å². The van der Waals surface area contributed by atoms with Crippen molar-refractivity contribution in [2.75, 3.05) is 0 Å². The van der Waals surface area contributed by atoms with Gasteiger partial charge in [0.2, 0.25) is 0 Å². The fourth-order valence-corrected chi connectivity index (χ4v) is 0.753. The van der Waals surface area contributed by atoms with E-state index in [1.165, 1.54) is 5.71 Å². The molecule has 1 heteroatoms. The van der Waals surface area contributed by atoms with Crippen LogP contribution in [0.2, 0.25) is 0 Å². The van der Waals surface area contributed by atoms with E-state index >= 15 is 0 Å². The molecule has 0 spiro atoms. The van der Waals surface area contributed by atoms with E-state index in [2.05, 4.69) is 46.2 Å². The molecule has 0 aliphatic heterocycles. The number of aliphatic imine (C=N–C) groups is 1. The quantitative estimate of drug-likeness (QED) is 0.459. The lowest BCUT2D eigenvalue weighted by atomic mass is 9.91. The number of rotatable bonds is 3. The minimum absolute atomic E-state index is 0.162. The molecular weight excluding hydrogens is 158 g/mol. The maximum atomic E-state index is 4.56. The molecule has 0 rings (SSSR count). The average molecular weight is 179 g/mol. The van der Waals surface area contributed by atoms with Gasteiger partial charge in [0.15, 0.2) is 0 Å². The van der Waals surface area contributed by atoms with Crippen molar-refractivity contribution in [2.45, 2.75) is 41.0 Å². The number of hydrogen-bond donors (Lipinski definition) is 0. The van der Waals surface area contributed by atoms with Crippen LogP contribution in [0, 0.1) is 5.41 Å². The van der Waals surface area contributed by atoms with E-state index in [1.54, 1.807) is 6.08 Å². The zero-order chi connectivity index (χ0) is 10.5. The Hall–Kier alpha value is -0.850. The van der Waals surface area contributed by atoms with Gasteiger partial charge in [0.25, 0.3) is 0 Å². The average Bonchev–Trinajstić information content (AvgIpc) is 2.01. The number of allylic oxidation sites excluding steroid dienone is 3. The van der Waals surface area contributed by atoms with Crippen LogP contribution in [-0.2, 0) is 0 Å². The summed E-state index contributed by atoms with van der Waals surface area (Å²) in [6, 6.07) is 0. The zero-order valence-corrected chi connectivity index (χ0v) is 9.52. The second-order valence-electron chi connectivity index (χ2n) is 4.19. The summed E-state index contributed by atoms with van der Waals surface area (Å²) in [5.41, 5.74) is 2.43. The summed E-state index contributed by atoms with van der Waals surface area (Å²) >= 11 is 0. The third-order valence-electron chi connectivity index (χ3n) is 2.07. The Labute approximate surface area is 82.3 Å². The lowest BCUT2D eigenvalue weighted by molar-refractivity contribution is 0.586. The molecule has 0 fully saturated rings. The van der Waals surface area contributed by atoms with E-state index in [1.807, 2.05) is 6.08 Å². The maximum absolute atomic E-state index is 4.56. The van der Waals surface area contributed by atoms with Crippen molar-refractivity contribution in [2.24, 2.45) is 10.4 Å². The summed E-state index contributed by atoms with van der Waals surface area (Å²) in [5, 5.41) is 0. The molecule has 1 nitrogen and oxygen atoms in total. The van der Waals surface area contributed by atoms with Crippen molar-refractivity contribution in [3.8, 4) is 0 Å². The van der Waals surface area contributed by atoms with Crippen molar-refractivity contribution in [3.05, 3.63) is 24.4 Å². The first-order valence-corrected chi connectivity index (χ1v) is 4.79. The second-order valence-corrected chi connectivity index (χ2v) is 4.19. The van der Waals surface area contributed by atoms with Crippen LogP contribution in [0.15, 0.2) is 29.4 Å². The highest BCUT2D eigenvalue weighted by Gasteiger charge is 2.13. The molecule has 0 aromatic rings. The topological polar surface area (TPSA) is 12.4 Å². The molecule has 0 radical (unpaired) electrons. The number of nitrogens with zero attached hydrogens (tertiary/aromatic N) is 1. The molecule has 0 bridgehead atoms. The second kappa shape index (κ2) is 5.00. The monoisotopic (exact) mass is 179 g/mol. The smallest absolute Gasteiger partial charge is 0.0400 e. The third-order valence-corrected chi connectivity index (χ3v) is 2.07. The molecule has 0 amide bonds. The molecule has 0 N–H and O–H groups in total. The van der Waals surface area contributed by atoms with Gasteiger partial charge in [0, 0.05) is 11.4 Å². The molecule has 0 aliphatic carbocycles. The van der Waals surface area contributed by atoms with Crippen LogP contribution < -0.4 is 0 Å². The highest BCUT2D eigenvalue weighted by atomic mass is 14.8. The van der Waals surface area contributed by atoms with Gasteiger partial charge < -0.3 is 0 Å². The van der Waals surface area contributed by atoms with Crippen molar-refractivity contribution >= 4 is 5.71 Å². The maximum Gasteiger partial charge on any atom is 0.0400 e. The molecule has 0 saturated carbocycles. The van der Waals surface area contributed by atoms with Crippen LogP contribution in [0.3, 0.4) is 0 Å². The van der Waals surface area contributed by atoms with Gasteiger partial charge in [-0.15, -0.1) is 0 Å². The molecule has 0 heterocycles. The standard InChI is InChI=1S/C12H21N/c1-7-9-11(8-2)13-10(3)12(4,5)6/h7,9H,1,8H2,2-6H3/b11-9-,13-10?. The van der Waals surface area contributed by atoms with Crippen LogP contribution in [0.1, 0.15) is 41.0 Å². The lowest BCUT2D eigenvalue weighted by Gasteiger charge is -2.18. The van der Waals surface area contributed by atoms with Crippen molar-refractivity contribution in [1.82, 2.24) is 0 Å². The predicted molar refractivity (Wildman–Crippen MR) is 61.1 cm³/mol. The normalized spacial score (nSPS) is 14.5. The Bertz CT molecular complexity index is 226. The zero-order valence-electron chi connectivity index (χ0n) is 9.52. The minimum atomic E-state index is 0.162. The molecule has 13 heavy (non-hydrogen) atoms. The molecule has 0 aromatic heterocycles. The Morgan fingerprint density at radius 1 is 1.38 bits per heavy atom. The largest absolute Gasteiger partial charge is 0.262 e. The first kappa shape index (κ1) is 12.2. The van der Waals surface area contributed by atoms with E-state index in [9.17, 15) is 0 Å². The van der Waals surface area contributed by atoms with Crippen molar-refractivity contribution in [1.29, 1.82) is 0 Å². The predicted octanol–water partition coefficient (Wildman–Crippen LogP) is 3.97. The van der Waals surface area contributed by atoms with E-state index in [0.717, 1.165) is 12.1 Å². The van der Waals surface area contributed by atoms with Crippen LogP contribution in [0.25, 0.3) is 0 Å². The Balaban J connectivity index is 4.71. The summed E-state index contributed by atoms with van der Waals surface area (Å²) in [4.78, 5) is 4.56. The summed E-state index contributed by atoms with van der Waals surface area (Å²) in [6.07, 6.45) is 4.72. The molecule has 74 valence electrons. The Morgan fingerprint density at radius 3 is 2.23 bits per heavy atom. The third kappa shape index (κ3) is 4.66. The van der Waals surface area contributed by atoms with E-state index < -0.39 is 0 Å². The van der Waals surface area contributed by atoms with Gasteiger partial charge in [-0.1, -0.05) is 40.3 Å².